The van der Waals surface area contributed by atoms with Crippen LogP contribution in [0.1, 0.15) is 86.9 Å². The number of anilines is 1. The Labute approximate surface area is 268 Å². The van der Waals surface area contributed by atoms with Crippen LogP contribution in [0.5, 0.6) is 5.75 Å². The average Bonchev–Trinajstić information content (AvgIpc) is 3.71. The number of nitrogens with one attached hydrogen (secondary N) is 3. The maximum atomic E-state index is 13.5. The summed E-state index contributed by atoms with van der Waals surface area (Å²) >= 11 is 0. The summed E-state index contributed by atoms with van der Waals surface area (Å²) in [5.74, 6) is -0.372. The molecule has 242 valence electrons. The van der Waals surface area contributed by atoms with Crippen LogP contribution in [-0.4, -0.2) is 38.7 Å². The lowest BCUT2D eigenvalue weighted by molar-refractivity contribution is -0.118. The third-order valence-electron chi connectivity index (χ3n) is 8.11. The van der Waals surface area contributed by atoms with E-state index in [4.69, 9.17) is 9.15 Å². The minimum Gasteiger partial charge on any atom is -0.507 e. The number of amides is 2. The van der Waals surface area contributed by atoms with Crippen LogP contribution in [0.3, 0.4) is 0 Å². The van der Waals surface area contributed by atoms with E-state index in [9.17, 15) is 19.5 Å². The molecule has 0 saturated heterocycles. The van der Waals surface area contributed by atoms with Gasteiger partial charge in [-0.3, -0.25) is 4.79 Å². The molecule has 4 aromatic rings. The number of carbonyl (C=O) groups excluding carboxylic acids is 2. The van der Waals surface area contributed by atoms with Crippen molar-refractivity contribution >= 4 is 17.7 Å². The first kappa shape index (κ1) is 32.5. The number of ether oxygens (including phenoxy) is 1. The van der Waals surface area contributed by atoms with Gasteiger partial charge in [0, 0.05) is 41.9 Å². The molecule has 0 bridgehead atoms. The van der Waals surface area contributed by atoms with Crippen molar-refractivity contribution in [3.63, 3.8) is 0 Å². The van der Waals surface area contributed by atoms with Crippen molar-refractivity contribution in [2.45, 2.75) is 83.3 Å². The summed E-state index contributed by atoms with van der Waals surface area (Å²) in [6.07, 6.45) is 5.79. The van der Waals surface area contributed by atoms with Crippen LogP contribution in [0, 0.1) is 5.92 Å². The highest BCUT2D eigenvalue weighted by Crippen LogP contribution is 2.48. The van der Waals surface area contributed by atoms with Crippen molar-refractivity contribution < 1.29 is 23.8 Å². The first-order valence-electron chi connectivity index (χ1n) is 15.8. The van der Waals surface area contributed by atoms with E-state index >= 15 is 0 Å². The maximum absolute atomic E-state index is 13.5. The molecule has 2 aromatic heterocycles. The molecule has 5 rings (SSSR count). The Morgan fingerprint density at radius 2 is 1.85 bits per heavy atom. The molecule has 1 aliphatic rings. The predicted octanol–water partition coefficient (Wildman–Crippen LogP) is 6.42. The van der Waals surface area contributed by atoms with E-state index in [1.54, 1.807) is 51.2 Å². The monoisotopic (exact) mass is 626 g/mol. The highest BCUT2D eigenvalue weighted by molar-refractivity contribution is 5.96. The number of rotatable bonds is 12. The number of benzene rings is 2. The van der Waals surface area contributed by atoms with Crippen LogP contribution >= 0.6 is 0 Å². The summed E-state index contributed by atoms with van der Waals surface area (Å²) in [5, 5.41) is 16.8. The summed E-state index contributed by atoms with van der Waals surface area (Å²) in [7, 11) is 0. The van der Waals surface area contributed by atoms with E-state index in [1.807, 2.05) is 43.3 Å². The summed E-state index contributed by atoms with van der Waals surface area (Å²) in [4.78, 5) is 46.6. The quantitative estimate of drug-likeness (QED) is 0.142. The number of carbonyl (C=O) groups is 2. The Morgan fingerprint density at radius 3 is 2.48 bits per heavy atom. The number of nitrogens with zero attached hydrogens (tertiary/aromatic N) is 1. The smallest absolute Gasteiger partial charge is 0.408 e. The second kappa shape index (κ2) is 14.1. The van der Waals surface area contributed by atoms with Crippen molar-refractivity contribution in [3.05, 3.63) is 112 Å². The van der Waals surface area contributed by atoms with Gasteiger partial charge in [-0.2, -0.15) is 0 Å². The normalized spacial score (nSPS) is 15.0. The zero-order chi connectivity index (χ0) is 32.8. The fourth-order valence-corrected chi connectivity index (χ4v) is 5.76. The lowest BCUT2D eigenvalue weighted by Gasteiger charge is -2.23. The molecule has 0 radical (unpaired) electrons. The zero-order valence-corrected chi connectivity index (χ0v) is 26.7. The van der Waals surface area contributed by atoms with Gasteiger partial charge in [0.25, 0.3) is 0 Å². The maximum Gasteiger partial charge on any atom is 0.408 e. The lowest BCUT2D eigenvalue weighted by atomic mass is 9.86. The third kappa shape index (κ3) is 8.44. The molecule has 1 saturated carbocycles. The Morgan fingerprint density at radius 1 is 1.09 bits per heavy atom. The molecule has 1 aliphatic carbocycles. The fourth-order valence-electron chi connectivity index (χ4n) is 5.76. The number of aromatic hydroxyl groups is 1. The predicted molar refractivity (Wildman–Crippen MR) is 175 cm³/mol. The summed E-state index contributed by atoms with van der Waals surface area (Å²) < 4.78 is 11.3. The van der Waals surface area contributed by atoms with Crippen LogP contribution in [0.4, 0.5) is 10.5 Å². The standard InChI is InChI=1S/C36H42N4O6/c1-5-23(16-22-10-7-6-8-11-22)30-19-29(41)32(34(43)45-30)31(24-14-15-24)25-12-9-13-26(17-25)39-33(42)28(18-27-20-37-21-38-27)40-35(44)46-36(2,3)4/h6-13,17,19-21,23-24,28,31,41H,5,14-16,18H2,1-4H3,(H,37,38)(H,39,42)(H,40,44)/t23-,28+,31+/m1/s1. The Hall–Kier alpha value is -4.86. The van der Waals surface area contributed by atoms with Crippen molar-refractivity contribution in [1.29, 1.82) is 0 Å². The van der Waals surface area contributed by atoms with Gasteiger partial charge in [-0.25, -0.2) is 14.6 Å². The Kier molecular flexibility index (Phi) is 9.94. The molecule has 46 heavy (non-hydrogen) atoms. The molecule has 10 nitrogen and oxygen atoms in total. The number of aromatic nitrogens is 2. The van der Waals surface area contributed by atoms with E-state index < -0.39 is 35.2 Å². The van der Waals surface area contributed by atoms with Gasteiger partial charge in [0.1, 0.15) is 23.2 Å². The number of hydrogen-bond acceptors (Lipinski definition) is 7. The molecule has 4 N–H and O–H groups in total. The SMILES string of the molecule is CC[C@H](Cc1ccccc1)c1cc(O)c([C@H](c2cccc(NC(=O)[C@H](Cc3cnc[nH]3)NC(=O)OC(C)(C)C)c2)C2CC2)c(=O)o1. The molecular formula is C36H42N4O6. The molecule has 0 unspecified atom stereocenters. The first-order chi connectivity index (χ1) is 22.0. The summed E-state index contributed by atoms with van der Waals surface area (Å²) in [6, 6.07) is 17.9. The molecular weight excluding hydrogens is 584 g/mol. The molecule has 2 heterocycles. The summed E-state index contributed by atoms with van der Waals surface area (Å²) in [5.41, 5.74) is 2.00. The Balaban J connectivity index is 1.38. The Bertz CT molecular complexity index is 1690. The van der Waals surface area contributed by atoms with Crippen LogP contribution in [0.2, 0.25) is 0 Å². The highest BCUT2D eigenvalue weighted by atomic mass is 16.6. The van der Waals surface area contributed by atoms with Crippen molar-refractivity contribution in [2.24, 2.45) is 5.92 Å². The zero-order valence-electron chi connectivity index (χ0n) is 26.7. The fraction of sp³-hybridized carbons (Fsp3) is 0.389. The number of alkyl carbamates (subject to hydrolysis) is 1. The average molecular weight is 627 g/mol. The van der Waals surface area contributed by atoms with Crippen molar-refractivity contribution in [2.75, 3.05) is 5.32 Å². The van der Waals surface area contributed by atoms with Gasteiger partial charge in [0.15, 0.2) is 0 Å². The van der Waals surface area contributed by atoms with Gasteiger partial charge in [0.2, 0.25) is 5.91 Å². The number of hydrogen-bond donors (Lipinski definition) is 4. The van der Waals surface area contributed by atoms with Gasteiger partial charge in [-0.15, -0.1) is 0 Å². The van der Waals surface area contributed by atoms with Crippen LogP contribution in [0.15, 0.2) is 82.4 Å². The molecule has 2 amide bonds. The number of H-pyrrole nitrogens is 1. The molecule has 3 atom stereocenters. The van der Waals surface area contributed by atoms with Crippen LogP contribution in [-0.2, 0) is 22.4 Å². The van der Waals surface area contributed by atoms with Gasteiger partial charge >= 0.3 is 11.7 Å². The number of aromatic amines is 1. The van der Waals surface area contributed by atoms with Crippen molar-refractivity contribution in [3.8, 4) is 5.75 Å². The highest BCUT2D eigenvalue weighted by Gasteiger charge is 2.38. The molecule has 0 spiro atoms. The van der Waals surface area contributed by atoms with Crippen LogP contribution < -0.4 is 16.3 Å². The topological polar surface area (TPSA) is 147 Å². The second-order valence-corrected chi connectivity index (χ2v) is 12.9. The van der Waals surface area contributed by atoms with Gasteiger partial charge in [-0.05, 0) is 75.6 Å². The minimum absolute atomic E-state index is 0.0584. The van der Waals surface area contributed by atoms with E-state index in [0.29, 0.717) is 23.6 Å². The van der Waals surface area contributed by atoms with E-state index in [1.165, 1.54) is 6.33 Å². The van der Waals surface area contributed by atoms with Crippen molar-refractivity contribution in [1.82, 2.24) is 15.3 Å². The first-order valence-corrected chi connectivity index (χ1v) is 15.8. The molecule has 0 aliphatic heterocycles. The van der Waals surface area contributed by atoms with Gasteiger partial charge in [-0.1, -0.05) is 49.4 Å². The second-order valence-electron chi connectivity index (χ2n) is 12.9. The van der Waals surface area contributed by atoms with Gasteiger partial charge < -0.3 is 29.9 Å². The minimum atomic E-state index is -0.954. The number of imidazole rings is 1. The third-order valence-corrected chi connectivity index (χ3v) is 8.11. The van der Waals surface area contributed by atoms with E-state index in [2.05, 4.69) is 20.6 Å². The van der Waals surface area contributed by atoms with E-state index in [-0.39, 0.29) is 29.6 Å². The van der Waals surface area contributed by atoms with Gasteiger partial charge in [0.05, 0.1) is 11.9 Å². The molecule has 1 fully saturated rings. The summed E-state index contributed by atoms with van der Waals surface area (Å²) in [6.45, 7) is 7.28. The molecule has 2 aromatic carbocycles. The molecule has 10 heteroatoms. The van der Waals surface area contributed by atoms with E-state index in [0.717, 1.165) is 30.4 Å². The van der Waals surface area contributed by atoms with Crippen LogP contribution in [0.25, 0.3) is 0 Å². The lowest BCUT2D eigenvalue weighted by Crippen LogP contribution is -2.47. The largest absolute Gasteiger partial charge is 0.507 e.